The van der Waals surface area contributed by atoms with Gasteiger partial charge in [0.2, 0.25) is 0 Å². The molecule has 0 aliphatic rings. The Bertz CT molecular complexity index is 1490. The van der Waals surface area contributed by atoms with Crippen molar-refractivity contribution in [2.24, 2.45) is 7.05 Å². The number of para-hydroxylation sites is 1. The molecule has 1 N–H and O–H groups in total. The third-order valence-corrected chi connectivity index (χ3v) is 5.21. The molecule has 0 saturated carbocycles. The highest BCUT2D eigenvalue weighted by Gasteiger charge is 2.38. The fraction of sp³-hybridized carbons (Fsp3) is 0.0833. The number of hydrogen-bond acceptors (Lipinski definition) is 5. The molecule has 7 nitrogen and oxygen atoms in total. The molecule has 0 aliphatic carbocycles. The number of aromatic nitrogens is 6. The molecule has 5 aromatic rings. The first-order valence-electron chi connectivity index (χ1n) is 10.3. The molecule has 0 atom stereocenters. The Morgan fingerprint density at radius 3 is 2.46 bits per heavy atom. The van der Waals surface area contributed by atoms with Gasteiger partial charge in [-0.2, -0.15) is 28.6 Å². The second-order valence-electron chi connectivity index (χ2n) is 7.56. The summed E-state index contributed by atoms with van der Waals surface area (Å²) >= 11 is 0. The number of ether oxygens (including phenoxy) is 1. The van der Waals surface area contributed by atoms with Crippen molar-refractivity contribution in [2.75, 3.05) is 0 Å². The van der Waals surface area contributed by atoms with Crippen LogP contribution in [0.5, 0.6) is 11.5 Å². The zero-order valence-electron chi connectivity index (χ0n) is 18.1. The first-order valence-corrected chi connectivity index (χ1v) is 10.3. The molecule has 2 aromatic carbocycles. The van der Waals surface area contributed by atoms with Gasteiger partial charge in [-0.05, 0) is 42.5 Å². The molecule has 11 heteroatoms. The topological polar surface area (TPSA) is 81.5 Å². The minimum Gasteiger partial charge on any atom is -0.454 e. The molecule has 0 unspecified atom stereocenters. The molecule has 3 aromatic heterocycles. The molecule has 0 fully saturated rings. The zero-order chi connectivity index (χ0) is 24.6. The summed E-state index contributed by atoms with van der Waals surface area (Å²) in [6, 6.07) is 16.0. The first-order chi connectivity index (χ1) is 16.8. The van der Waals surface area contributed by atoms with Crippen molar-refractivity contribution in [3.05, 3.63) is 84.7 Å². The quantitative estimate of drug-likeness (QED) is 0.318. The molecule has 0 bridgehead atoms. The van der Waals surface area contributed by atoms with Gasteiger partial charge in [0.15, 0.2) is 17.3 Å². The maximum atomic E-state index is 14.5. The number of imidazole rings is 1. The summed E-state index contributed by atoms with van der Waals surface area (Å²) in [5.41, 5.74) is 0.546. The van der Waals surface area contributed by atoms with Gasteiger partial charge >= 0.3 is 6.18 Å². The molecule has 0 amide bonds. The maximum Gasteiger partial charge on any atom is 0.437 e. The van der Waals surface area contributed by atoms with Gasteiger partial charge in [-0.1, -0.05) is 18.2 Å². The monoisotopic (exact) mass is 480 g/mol. The van der Waals surface area contributed by atoms with E-state index in [-0.39, 0.29) is 17.0 Å². The van der Waals surface area contributed by atoms with Crippen LogP contribution in [0.3, 0.4) is 0 Å². The van der Waals surface area contributed by atoms with E-state index in [1.807, 2.05) is 11.3 Å². The number of aromatic amines is 1. The van der Waals surface area contributed by atoms with Crippen molar-refractivity contribution in [3.8, 4) is 45.4 Å². The Balaban J connectivity index is 1.56. The number of benzene rings is 2. The summed E-state index contributed by atoms with van der Waals surface area (Å²) in [6.45, 7) is 0. The van der Waals surface area contributed by atoms with E-state index in [1.165, 1.54) is 36.8 Å². The molecule has 5 rings (SSSR count). The van der Waals surface area contributed by atoms with Crippen molar-refractivity contribution in [1.82, 2.24) is 29.9 Å². The third-order valence-electron chi connectivity index (χ3n) is 5.21. The van der Waals surface area contributed by atoms with Gasteiger partial charge in [-0.15, -0.1) is 0 Å². The van der Waals surface area contributed by atoms with Crippen LogP contribution in [-0.4, -0.2) is 29.9 Å². The Labute approximate surface area is 196 Å². The normalized spacial score (nSPS) is 11.6. The Morgan fingerprint density at radius 2 is 1.69 bits per heavy atom. The summed E-state index contributed by atoms with van der Waals surface area (Å²) in [5, 5.41) is 8.93. The lowest BCUT2D eigenvalue weighted by atomic mass is 10.0. The van der Waals surface area contributed by atoms with Crippen LogP contribution in [0, 0.1) is 5.82 Å². The van der Waals surface area contributed by atoms with Crippen LogP contribution in [0.1, 0.15) is 5.69 Å². The van der Waals surface area contributed by atoms with Gasteiger partial charge in [0, 0.05) is 24.4 Å². The van der Waals surface area contributed by atoms with Crippen LogP contribution in [0.25, 0.3) is 33.9 Å². The molecule has 0 radical (unpaired) electrons. The van der Waals surface area contributed by atoms with E-state index >= 15 is 0 Å². The van der Waals surface area contributed by atoms with Crippen LogP contribution in [-0.2, 0) is 13.2 Å². The number of hydrogen-bond donors (Lipinski definition) is 1. The van der Waals surface area contributed by atoms with Crippen LogP contribution in [0.15, 0.2) is 73.2 Å². The number of alkyl halides is 3. The van der Waals surface area contributed by atoms with Gasteiger partial charge in [0.25, 0.3) is 0 Å². The van der Waals surface area contributed by atoms with E-state index in [0.717, 1.165) is 0 Å². The molecule has 3 heterocycles. The maximum absolute atomic E-state index is 14.5. The van der Waals surface area contributed by atoms with E-state index in [9.17, 15) is 17.6 Å². The fourth-order valence-electron chi connectivity index (χ4n) is 3.64. The zero-order valence-corrected chi connectivity index (χ0v) is 18.1. The van der Waals surface area contributed by atoms with Gasteiger partial charge in [-0.3, -0.25) is 4.98 Å². The van der Waals surface area contributed by atoms with Crippen molar-refractivity contribution >= 4 is 0 Å². The average molecular weight is 480 g/mol. The van der Waals surface area contributed by atoms with Crippen molar-refractivity contribution in [1.29, 1.82) is 0 Å². The molecule has 0 aliphatic heterocycles. The third kappa shape index (κ3) is 4.35. The number of H-pyrrole nitrogens is 1. The highest BCUT2D eigenvalue weighted by atomic mass is 19.4. The Morgan fingerprint density at radius 1 is 0.886 bits per heavy atom. The first kappa shape index (κ1) is 22.3. The molecule has 0 spiro atoms. The van der Waals surface area contributed by atoms with Crippen LogP contribution < -0.4 is 4.74 Å². The average Bonchev–Trinajstić information content (AvgIpc) is 3.49. The van der Waals surface area contributed by atoms with Gasteiger partial charge in [0.05, 0.1) is 17.7 Å². The number of nitrogens with one attached hydrogen (secondary N) is 1. The van der Waals surface area contributed by atoms with Crippen LogP contribution >= 0.6 is 0 Å². The number of halogens is 4. The lowest BCUT2D eigenvalue weighted by Crippen LogP contribution is -2.07. The summed E-state index contributed by atoms with van der Waals surface area (Å²) in [6.07, 6.45) is -1.77. The number of rotatable bonds is 5. The minimum absolute atomic E-state index is 0.0139. The van der Waals surface area contributed by atoms with Crippen molar-refractivity contribution < 1.29 is 22.3 Å². The van der Waals surface area contributed by atoms with E-state index in [0.29, 0.717) is 28.4 Å². The molecule has 0 saturated heterocycles. The highest BCUT2D eigenvalue weighted by Crippen LogP contribution is 2.37. The number of aryl methyl sites for hydroxylation is 1. The van der Waals surface area contributed by atoms with E-state index < -0.39 is 17.7 Å². The van der Waals surface area contributed by atoms with E-state index in [2.05, 4.69) is 20.2 Å². The van der Waals surface area contributed by atoms with E-state index in [1.54, 1.807) is 41.9 Å². The van der Waals surface area contributed by atoms with Crippen LogP contribution in [0.4, 0.5) is 17.6 Å². The van der Waals surface area contributed by atoms with Crippen LogP contribution in [0.2, 0.25) is 0 Å². The Kier molecular flexibility index (Phi) is 5.51. The van der Waals surface area contributed by atoms with E-state index in [4.69, 9.17) is 4.74 Å². The van der Waals surface area contributed by atoms with Crippen molar-refractivity contribution in [2.45, 2.75) is 6.18 Å². The SMILES string of the molecule is Cn1cnc(-c2cc(-c3n[nH]nc3C(F)(F)F)ccn2)c1-c1ccc(F)c(Oc2ccccc2)c1. The fourth-order valence-corrected chi connectivity index (χ4v) is 3.64. The largest absolute Gasteiger partial charge is 0.454 e. The lowest BCUT2D eigenvalue weighted by Gasteiger charge is -2.11. The second kappa shape index (κ2) is 8.67. The summed E-state index contributed by atoms with van der Waals surface area (Å²) in [5.74, 6) is -0.0663. The molecule has 176 valence electrons. The number of pyridine rings is 1. The predicted octanol–water partition coefficient (Wildman–Crippen LogP) is 5.88. The lowest BCUT2D eigenvalue weighted by molar-refractivity contribution is -0.140. The van der Waals surface area contributed by atoms with Crippen molar-refractivity contribution in [3.63, 3.8) is 0 Å². The molecule has 35 heavy (non-hydrogen) atoms. The second-order valence-corrected chi connectivity index (χ2v) is 7.56. The van der Waals surface area contributed by atoms with Gasteiger partial charge in [-0.25, -0.2) is 9.37 Å². The molecular formula is C24H16F4N6O. The minimum atomic E-state index is -4.68. The summed E-state index contributed by atoms with van der Waals surface area (Å²) in [4.78, 5) is 8.69. The van der Waals surface area contributed by atoms with Gasteiger partial charge in [0.1, 0.15) is 17.1 Å². The standard InChI is InChI=1S/C24H16F4N6O/c1-34-13-30-21(18-11-14(9-10-29-18)20-23(24(26,27)28)32-33-31-20)22(34)15-7-8-17(25)19(12-15)35-16-5-3-2-4-6-16/h2-13H,1H3,(H,31,32,33). The predicted molar refractivity (Wildman–Crippen MR) is 119 cm³/mol. The molecular weight excluding hydrogens is 464 g/mol. The summed E-state index contributed by atoms with van der Waals surface area (Å²) < 4.78 is 61.8. The Hall–Kier alpha value is -4.54. The summed E-state index contributed by atoms with van der Waals surface area (Å²) in [7, 11) is 1.75. The number of nitrogens with zero attached hydrogens (tertiary/aromatic N) is 5. The smallest absolute Gasteiger partial charge is 0.437 e. The van der Waals surface area contributed by atoms with Gasteiger partial charge < -0.3 is 9.30 Å². The highest BCUT2D eigenvalue weighted by molar-refractivity contribution is 5.79.